The van der Waals surface area contributed by atoms with E-state index >= 15 is 0 Å². The predicted octanol–water partition coefficient (Wildman–Crippen LogP) is 3.40. The monoisotopic (exact) mass is 610 g/mol. The number of imidazole rings is 1. The number of carbonyl (C=O) groups excluding carboxylic acids is 3. The fourth-order valence-electron chi connectivity index (χ4n) is 5.93. The molecule has 1 aliphatic carbocycles. The number of esters is 3. The third-order valence-corrected chi connectivity index (χ3v) is 7.77. The molecule has 0 radical (unpaired) electrons. The number of anilines is 1. The summed E-state index contributed by atoms with van der Waals surface area (Å²) in [6.07, 6.45) is 3.55. The molecule has 0 amide bonds. The van der Waals surface area contributed by atoms with Crippen molar-refractivity contribution in [2.45, 2.75) is 90.0 Å². The number of hydrogen-bond acceptors (Lipinski definition) is 13. The summed E-state index contributed by atoms with van der Waals surface area (Å²) < 4.78 is 24.0. The molecule has 2 fully saturated rings. The fourth-order valence-corrected chi connectivity index (χ4v) is 5.93. The standard InChI is InChI=1S/C29H34N6O9/c1-17(36)41-14-23-25(42-18(2)37)26(43-19(3)38)29(44-23)34-16-32-24-27(30-15-31-28(24)34)33(21-10-5-4-6-11-21)13-20-9-7-8-12-22(20)35(39)40/h7-9,12,15-16,21,23,25-26,29H,4-6,10-11,13-14H2,1-3H3/t23-,25-,26-,29-/m1/s1. The van der Waals surface area contributed by atoms with Gasteiger partial charge in [-0.05, 0) is 12.8 Å². The minimum Gasteiger partial charge on any atom is -0.463 e. The second-order valence-corrected chi connectivity index (χ2v) is 10.8. The maximum Gasteiger partial charge on any atom is 0.303 e. The topological polar surface area (TPSA) is 178 Å². The fraction of sp³-hybridized carbons (Fsp3) is 0.517. The number of rotatable bonds is 10. The third kappa shape index (κ3) is 6.61. The van der Waals surface area contributed by atoms with Gasteiger partial charge in [-0.2, -0.15) is 0 Å². The van der Waals surface area contributed by atoms with Crippen LogP contribution >= 0.6 is 0 Å². The molecule has 0 N–H and O–H groups in total. The molecule has 0 spiro atoms. The van der Waals surface area contributed by atoms with Gasteiger partial charge in [-0.15, -0.1) is 0 Å². The molecule has 0 unspecified atom stereocenters. The van der Waals surface area contributed by atoms with Crippen LogP contribution in [0.3, 0.4) is 0 Å². The Morgan fingerprint density at radius 2 is 1.70 bits per heavy atom. The van der Waals surface area contributed by atoms with E-state index in [1.165, 1.54) is 39.5 Å². The van der Waals surface area contributed by atoms with Crippen molar-refractivity contribution < 1.29 is 38.3 Å². The molecule has 15 nitrogen and oxygen atoms in total. The van der Waals surface area contributed by atoms with Gasteiger partial charge >= 0.3 is 17.9 Å². The van der Waals surface area contributed by atoms with E-state index in [1.807, 2.05) is 4.90 Å². The number of nitrogens with zero attached hydrogens (tertiary/aromatic N) is 6. The summed E-state index contributed by atoms with van der Waals surface area (Å²) in [5, 5.41) is 11.8. The lowest BCUT2D eigenvalue weighted by Gasteiger charge is -2.35. The molecule has 3 aromatic rings. The molecule has 44 heavy (non-hydrogen) atoms. The van der Waals surface area contributed by atoms with Crippen molar-refractivity contribution in [3.05, 3.63) is 52.6 Å². The average Bonchev–Trinajstić information content (AvgIpc) is 3.56. The van der Waals surface area contributed by atoms with Gasteiger partial charge in [-0.1, -0.05) is 37.5 Å². The van der Waals surface area contributed by atoms with Crippen molar-refractivity contribution in [1.82, 2.24) is 19.5 Å². The largest absolute Gasteiger partial charge is 0.463 e. The lowest BCUT2D eigenvalue weighted by molar-refractivity contribution is -0.385. The summed E-state index contributed by atoms with van der Waals surface area (Å²) in [6.45, 7) is 3.65. The molecule has 0 bridgehead atoms. The summed E-state index contributed by atoms with van der Waals surface area (Å²) in [4.78, 5) is 62.9. The Labute approximate surface area is 252 Å². The molecule has 234 valence electrons. The minimum absolute atomic E-state index is 0.0167. The number of hydrogen-bond donors (Lipinski definition) is 0. The number of nitro benzene ring substituents is 1. The van der Waals surface area contributed by atoms with E-state index in [9.17, 15) is 24.5 Å². The van der Waals surface area contributed by atoms with Crippen molar-refractivity contribution in [3.63, 3.8) is 0 Å². The predicted molar refractivity (Wildman–Crippen MR) is 153 cm³/mol. The van der Waals surface area contributed by atoms with E-state index in [-0.39, 0.29) is 24.9 Å². The molecule has 2 aliphatic rings. The zero-order valence-corrected chi connectivity index (χ0v) is 24.7. The molecular formula is C29H34N6O9. The zero-order chi connectivity index (χ0) is 31.4. The van der Waals surface area contributed by atoms with Gasteiger partial charge in [-0.25, -0.2) is 15.0 Å². The molecular weight excluding hydrogens is 576 g/mol. The number of aromatic nitrogens is 4. The molecule has 1 saturated heterocycles. The van der Waals surface area contributed by atoms with Crippen molar-refractivity contribution in [3.8, 4) is 0 Å². The Bertz CT molecular complexity index is 1540. The highest BCUT2D eigenvalue weighted by Crippen LogP contribution is 2.38. The molecule has 5 rings (SSSR count). The van der Waals surface area contributed by atoms with E-state index in [0.717, 1.165) is 32.1 Å². The molecule has 1 aromatic carbocycles. The quantitative estimate of drug-likeness (QED) is 0.141. The summed E-state index contributed by atoms with van der Waals surface area (Å²) in [6, 6.07) is 6.68. The summed E-state index contributed by atoms with van der Waals surface area (Å²) >= 11 is 0. The first-order chi connectivity index (χ1) is 21.1. The second-order valence-electron chi connectivity index (χ2n) is 10.8. The van der Waals surface area contributed by atoms with Gasteiger partial charge in [0.15, 0.2) is 35.4 Å². The number of para-hydroxylation sites is 1. The van der Waals surface area contributed by atoms with Crippen LogP contribution in [0.2, 0.25) is 0 Å². The highest BCUT2D eigenvalue weighted by Gasteiger charge is 2.51. The van der Waals surface area contributed by atoms with Gasteiger partial charge in [0.1, 0.15) is 19.0 Å². The van der Waals surface area contributed by atoms with Crippen LogP contribution in [0, 0.1) is 10.1 Å². The van der Waals surface area contributed by atoms with Crippen LogP contribution in [0.15, 0.2) is 36.9 Å². The van der Waals surface area contributed by atoms with Crippen LogP contribution in [0.1, 0.15) is 64.7 Å². The molecule has 1 saturated carbocycles. The maximum absolute atomic E-state index is 12.1. The second kappa shape index (κ2) is 13.3. The number of nitro groups is 1. The van der Waals surface area contributed by atoms with Crippen molar-refractivity contribution in [1.29, 1.82) is 0 Å². The molecule has 4 atom stereocenters. The lowest BCUT2D eigenvalue weighted by atomic mass is 9.93. The number of benzene rings is 1. The van der Waals surface area contributed by atoms with Gasteiger partial charge < -0.3 is 23.8 Å². The Morgan fingerprint density at radius 1 is 1.00 bits per heavy atom. The SMILES string of the molecule is CC(=O)OC[C@H]1O[C@@H](n2cnc3c(N(Cc4ccccc4[N+](=O)[O-])C4CCCCC4)ncnc32)[C@H](OC(C)=O)[C@@H]1OC(C)=O. The van der Waals surface area contributed by atoms with Crippen LogP contribution < -0.4 is 4.90 Å². The van der Waals surface area contributed by atoms with E-state index in [1.54, 1.807) is 22.8 Å². The average molecular weight is 611 g/mol. The van der Waals surface area contributed by atoms with Gasteiger partial charge in [0.25, 0.3) is 5.69 Å². The normalized spacial score (nSPS) is 22.0. The number of carbonyl (C=O) groups is 3. The van der Waals surface area contributed by atoms with E-state index < -0.39 is 47.4 Å². The zero-order valence-electron chi connectivity index (χ0n) is 24.7. The first kappa shape index (κ1) is 30.8. The highest BCUT2D eigenvalue weighted by atomic mass is 16.7. The first-order valence-electron chi connectivity index (χ1n) is 14.4. The van der Waals surface area contributed by atoms with E-state index in [0.29, 0.717) is 22.5 Å². The summed E-state index contributed by atoms with van der Waals surface area (Å²) in [7, 11) is 0. The van der Waals surface area contributed by atoms with Crippen molar-refractivity contribution in [2.75, 3.05) is 11.5 Å². The van der Waals surface area contributed by atoms with Crippen LogP contribution in [0.25, 0.3) is 11.2 Å². The highest BCUT2D eigenvalue weighted by molar-refractivity contribution is 5.83. The van der Waals surface area contributed by atoms with Crippen LogP contribution in [0.5, 0.6) is 0 Å². The lowest BCUT2D eigenvalue weighted by Crippen LogP contribution is -2.40. The number of fused-ring (bicyclic) bond motifs is 1. The smallest absolute Gasteiger partial charge is 0.303 e. The molecule has 2 aromatic heterocycles. The minimum atomic E-state index is -1.12. The van der Waals surface area contributed by atoms with Crippen molar-refractivity contribution in [2.24, 2.45) is 0 Å². The Kier molecular flexibility index (Phi) is 9.32. The first-order valence-corrected chi connectivity index (χ1v) is 14.4. The Hall–Kier alpha value is -4.66. The van der Waals surface area contributed by atoms with E-state index in [4.69, 9.17) is 18.9 Å². The third-order valence-electron chi connectivity index (χ3n) is 7.77. The van der Waals surface area contributed by atoms with Crippen LogP contribution in [0.4, 0.5) is 11.5 Å². The Balaban J connectivity index is 1.56. The summed E-state index contributed by atoms with van der Waals surface area (Å²) in [5.41, 5.74) is 1.31. The molecule has 15 heteroatoms. The van der Waals surface area contributed by atoms with Gasteiger partial charge in [0, 0.05) is 38.4 Å². The van der Waals surface area contributed by atoms with Crippen LogP contribution in [-0.4, -0.2) is 73.3 Å². The van der Waals surface area contributed by atoms with Gasteiger partial charge in [0.2, 0.25) is 0 Å². The van der Waals surface area contributed by atoms with Crippen molar-refractivity contribution >= 4 is 40.6 Å². The van der Waals surface area contributed by atoms with Gasteiger partial charge in [0.05, 0.1) is 17.8 Å². The van der Waals surface area contributed by atoms with Crippen LogP contribution in [-0.2, 0) is 39.9 Å². The Morgan fingerprint density at radius 3 is 2.39 bits per heavy atom. The molecule has 1 aliphatic heterocycles. The summed E-state index contributed by atoms with van der Waals surface area (Å²) in [5.74, 6) is -1.34. The number of ether oxygens (including phenoxy) is 4. The molecule has 3 heterocycles. The van der Waals surface area contributed by atoms with Gasteiger partial charge in [-0.3, -0.25) is 29.1 Å². The van der Waals surface area contributed by atoms with E-state index in [2.05, 4.69) is 15.0 Å². The maximum atomic E-state index is 12.1.